The minimum absolute atomic E-state index is 0.0884. The highest BCUT2D eigenvalue weighted by Gasteiger charge is 2.30. The first-order valence-electron chi connectivity index (χ1n) is 13.0. The number of benzene rings is 3. The van der Waals surface area contributed by atoms with Crippen LogP contribution < -0.4 is 9.04 Å². The number of hydrogen-bond acceptors (Lipinski definition) is 6. The molecule has 7 nitrogen and oxygen atoms in total. The summed E-state index contributed by atoms with van der Waals surface area (Å²) < 4.78 is 34.7. The van der Waals surface area contributed by atoms with E-state index in [1.54, 1.807) is 54.6 Å². The first-order valence-corrected chi connectivity index (χ1v) is 14.4. The summed E-state index contributed by atoms with van der Waals surface area (Å²) in [4.78, 5) is 4.77. The molecule has 202 valence electrons. The molecule has 8 heteroatoms. The highest BCUT2D eigenvalue weighted by atomic mass is 32.2. The third-order valence-corrected chi connectivity index (χ3v) is 8.45. The Balaban J connectivity index is 1.48. The number of piperazine rings is 1. The zero-order chi connectivity index (χ0) is 27.0. The summed E-state index contributed by atoms with van der Waals surface area (Å²) in [6, 6.07) is 24.2. The van der Waals surface area contributed by atoms with Crippen molar-refractivity contribution in [2.75, 3.05) is 50.2 Å². The van der Waals surface area contributed by atoms with Crippen molar-refractivity contribution in [2.24, 2.45) is 0 Å². The second-order valence-corrected chi connectivity index (χ2v) is 11.5. The summed E-state index contributed by atoms with van der Waals surface area (Å²) in [5, 5.41) is 11.1. The smallest absolute Gasteiger partial charge is 0.264 e. The first kappa shape index (κ1) is 27.9. The third-order valence-electron chi connectivity index (χ3n) is 6.66. The normalized spacial score (nSPS) is 15.6. The van der Waals surface area contributed by atoms with Gasteiger partial charge in [-0.25, -0.2) is 8.42 Å². The van der Waals surface area contributed by atoms with Gasteiger partial charge in [-0.1, -0.05) is 72.8 Å². The molecule has 1 heterocycles. The maximum atomic E-state index is 13.8. The molecule has 1 atom stereocenters. The summed E-state index contributed by atoms with van der Waals surface area (Å²) in [5.41, 5.74) is 2.65. The molecule has 3 aromatic carbocycles. The summed E-state index contributed by atoms with van der Waals surface area (Å²) >= 11 is 0. The highest BCUT2D eigenvalue weighted by Crippen LogP contribution is 2.33. The van der Waals surface area contributed by atoms with Crippen molar-refractivity contribution < 1.29 is 18.3 Å². The van der Waals surface area contributed by atoms with Crippen LogP contribution in [0.3, 0.4) is 0 Å². The maximum Gasteiger partial charge on any atom is 0.264 e. The van der Waals surface area contributed by atoms with E-state index in [9.17, 15) is 13.5 Å². The average molecular weight is 536 g/mol. The Morgan fingerprint density at radius 2 is 1.58 bits per heavy atom. The molecule has 3 aromatic rings. The van der Waals surface area contributed by atoms with Gasteiger partial charge in [-0.05, 0) is 36.8 Å². The molecule has 0 radical (unpaired) electrons. The van der Waals surface area contributed by atoms with Crippen LogP contribution in [0.2, 0.25) is 0 Å². The van der Waals surface area contributed by atoms with Crippen molar-refractivity contribution in [3.63, 3.8) is 0 Å². The number of hydrogen-bond donors (Lipinski definition) is 1. The van der Waals surface area contributed by atoms with E-state index < -0.39 is 16.1 Å². The van der Waals surface area contributed by atoms with Crippen LogP contribution in [-0.2, 0) is 16.6 Å². The standard InChI is InChI=1S/C30H37N3O4S/c1-3-21-37-30-12-8-7-11-29(30)33(38(35,36)28-15-13-25(2)14-16-28)24-27(34)23-32-19-17-31(18-20-32)22-26-9-5-4-6-10-26/h3-16,27,34H,1,17-24H2,2H3. The molecule has 0 amide bonds. The van der Waals surface area contributed by atoms with Gasteiger partial charge in [-0.2, -0.15) is 0 Å². The Labute approximate surface area is 226 Å². The second-order valence-electron chi connectivity index (χ2n) is 9.63. The molecule has 1 saturated heterocycles. The number of sulfonamides is 1. The quantitative estimate of drug-likeness (QED) is 0.354. The van der Waals surface area contributed by atoms with Gasteiger partial charge in [0.25, 0.3) is 10.0 Å². The van der Waals surface area contributed by atoms with Crippen LogP contribution >= 0.6 is 0 Å². The lowest BCUT2D eigenvalue weighted by Gasteiger charge is -2.36. The molecule has 4 rings (SSSR count). The molecule has 1 unspecified atom stereocenters. The first-order chi connectivity index (χ1) is 18.4. The molecule has 0 bridgehead atoms. The fraction of sp³-hybridized carbons (Fsp3) is 0.333. The fourth-order valence-corrected chi connectivity index (χ4v) is 6.13. The zero-order valence-corrected chi connectivity index (χ0v) is 22.8. The Kier molecular flexibility index (Phi) is 9.58. The van der Waals surface area contributed by atoms with Crippen LogP contribution in [0.5, 0.6) is 5.75 Å². The SMILES string of the molecule is C=CCOc1ccccc1N(CC(O)CN1CCN(Cc2ccccc2)CC1)S(=O)(=O)c1ccc(C)cc1. The van der Waals surface area contributed by atoms with E-state index in [0.29, 0.717) is 18.0 Å². The van der Waals surface area contributed by atoms with Crippen molar-refractivity contribution >= 4 is 15.7 Å². The van der Waals surface area contributed by atoms with Crippen molar-refractivity contribution in [2.45, 2.75) is 24.5 Å². The van der Waals surface area contributed by atoms with Gasteiger partial charge in [0.1, 0.15) is 12.4 Å². The molecule has 1 N–H and O–H groups in total. The Hall–Kier alpha value is -3.17. The monoisotopic (exact) mass is 535 g/mol. The number of aryl methyl sites for hydroxylation is 1. The van der Waals surface area contributed by atoms with Crippen LogP contribution in [0.25, 0.3) is 0 Å². The molecular weight excluding hydrogens is 498 g/mol. The van der Waals surface area contributed by atoms with Crippen molar-refractivity contribution in [1.29, 1.82) is 0 Å². The van der Waals surface area contributed by atoms with E-state index in [1.807, 2.05) is 13.0 Å². The summed E-state index contributed by atoms with van der Waals surface area (Å²) in [5.74, 6) is 0.421. The predicted molar refractivity (Wildman–Crippen MR) is 152 cm³/mol. The minimum atomic E-state index is -3.96. The van der Waals surface area contributed by atoms with Gasteiger partial charge >= 0.3 is 0 Å². The molecule has 1 fully saturated rings. The number of anilines is 1. The van der Waals surface area contributed by atoms with Crippen LogP contribution in [0, 0.1) is 6.92 Å². The van der Waals surface area contributed by atoms with E-state index in [2.05, 4.69) is 40.6 Å². The topological polar surface area (TPSA) is 73.3 Å². The molecule has 1 aliphatic rings. The molecule has 38 heavy (non-hydrogen) atoms. The van der Waals surface area contributed by atoms with Gasteiger partial charge in [0.05, 0.1) is 23.2 Å². The van der Waals surface area contributed by atoms with E-state index >= 15 is 0 Å². The van der Waals surface area contributed by atoms with Gasteiger partial charge in [0, 0.05) is 39.3 Å². The Bertz CT molecular complexity index is 1270. The molecule has 0 aromatic heterocycles. The molecule has 0 saturated carbocycles. The molecule has 1 aliphatic heterocycles. The maximum absolute atomic E-state index is 13.8. The molecule has 0 spiro atoms. The highest BCUT2D eigenvalue weighted by molar-refractivity contribution is 7.92. The largest absolute Gasteiger partial charge is 0.487 e. The predicted octanol–water partition coefficient (Wildman–Crippen LogP) is 3.93. The van der Waals surface area contributed by atoms with Crippen LogP contribution in [0.15, 0.2) is 96.4 Å². The number of nitrogens with zero attached hydrogens (tertiary/aromatic N) is 3. The minimum Gasteiger partial charge on any atom is -0.487 e. The summed E-state index contributed by atoms with van der Waals surface area (Å²) in [7, 11) is -3.96. The summed E-state index contributed by atoms with van der Waals surface area (Å²) in [6.07, 6.45) is 0.727. The van der Waals surface area contributed by atoms with Crippen LogP contribution in [0.1, 0.15) is 11.1 Å². The zero-order valence-electron chi connectivity index (χ0n) is 21.9. The average Bonchev–Trinajstić information content (AvgIpc) is 2.93. The number of ether oxygens (including phenoxy) is 1. The van der Waals surface area contributed by atoms with Crippen molar-refractivity contribution in [3.05, 3.63) is 103 Å². The third kappa shape index (κ3) is 7.23. The molecular formula is C30H37N3O4S. The van der Waals surface area contributed by atoms with E-state index in [1.165, 1.54) is 9.87 Å². The second kappa shape index (κ2) is 13.1. The number of aliphatic hydroxyl groups excluding tert-OH is 1. The van der Waals surface area contributed by atoms with Gasteiger partial charge in [0.15, 0.2) is 0 Å². The van der Waals surface area contributed by atoms with Gasteiger partial charge in [0.2, 0.25) is 0 Å². The lowest BCUT2D eigenvalue weighted by molar-refractivity contribution is 0.0743. The number of aliphatic hydroxyl groups is 1. The van der Waals surface area contributed by atoms with Gasteiger partial charge in [-0.3, -0.25) is 14.1 Å². The summed E-state index contributed by atoms with van der Waals surface area (Å²) in [6.45, 7) is 10.5. The fourth-order valence-electron chi connectivity index (χ4n) is 4.62. The lowest BCUT2D eigenvalue weighted by atomic mass is 10.2. The van der Waals surface area contributed by atoms with Crippen molar-refractivity contribution in [3.8, 4) is 5.75 Å². The van der Waals surface area contributed by atoms with Crippen LogP contribution in [-0.4, -0.2) is 75.3 Å². The van der Waals surface area contributed by atoms with Gasteiger partial charge < -0.3 is 9.84 Å². The van der Waals surface area contributed by atoms with Crippen molar-refractivity contribution in [1.82, 2.24) is 9.80 Å². The Morgan fingerprint density at radius 3 is 2.26 bits per heavy atom. The number of rotatable bonds is 12. The van der Waals surface area contributed by atoms with E-state index in [-0.39, 0.29) is 18.0 Å². The molecule has 0 aliphatic carbocycles. The van der Waals surface area contributed by atoms with Gasteiger partial charge in [-0.15, -0.1) is 0 Å². The van der Waals surface area contributed by atoms with E-state index in [4.69, 9.17) is 4.74 Å². The number of para-hydroxylation sites is 2. The van der Waals surface area contributed by atoms with E-state index in [0.717, 1.165) is 38.3 Å². The number of β-amino-alcohol motifs (C(OH)–C–C–N with tert-alkyl or cyclic N) is 1. The lowest BCUT2D eigenvalue weighted by Crippen LogP contribution is -2.50. The Morgan fingerprint density at radius 1 is 0.947 bits per heavy atom. The van der Waals surface area contributed by atoms with Crippen LogP contribution in [0.4, 0.5) is 5.69 Å².